The average Bonchev–Trinajstić information content (AvgIpc) is 2.35. The Hall–Kier alpha value is -1.80. The Labute approximate surface area is 125 Å². The van der Waals surface area contributed by atoms with Gasteiger partial charge in [0.05, 0.1) is 11.8 Å². The second-order valence-corrected chi connectivity index (χ2v) is 6.01. The SMILES string of the molecule is CCNCc1ccccc1NS(=O)(=O)NC(=O)OC(C)C. The molecule has 0 bridgehead atoms. The Bertz CT molecular complexity index is 573. The van der Waals surface area contributed by atoms with Gasteiger partial charge in [-0.25, -0.2) is 9.52 Å². The lowest BCUT2D eigenvalue weighted by molar-refractivity contribution is 0.121. The summed E-state index contributed by atoms with van der Waals surface area (Å²) in [4.78, 5) is 11.4. The van der Waals surface area contributed by atoms with Crippen LogP contribution in [0.15, 0.2) is 24.3 Å². The summed E-state index contributed by atoms with van der Waals surface area (Å²) in [5.41, 5.74) is 1.19. The minimum atomic E-state index is -4.03. The van der Waals surface area contributed by atoms with Crippen LogP contribution < -0.4 is 14.8 Å². The zero-order valence-corrected chi connectivity index (χ0v) is 13.2. The van der Waals surface area contributed by atoms with E-state index < -0.39 is 22.4 Å². The summed E-state index contributed by atoms with van der Waals surface area (Å²) < 4.78 is 32.6. The van der Waals surface area contributed by atoms with Crippen LogP contribution in [-0.4, -0.2) is 27.2 Å². The molecule has 0 heterocycles. The van der Waals surface area contributed by atoms with Crippen LogP contribution in [-0.2, 0) is 21.5 Å². The molecular formula is C13H21N3O4S. The second-order valence-electron chi connectivity index (χ2n) is 4.60. The fourth-order valence-corrected chi connectivity index (χ4v) is 2.36. The molecule has 0 radical (unpaired) electrons. The highest BCUT2D eigenvalue weighted by atomic mass is 32.2. The summed E-state index contributed by atoms with van der Waals surface area (Å²) in [5, 5.41) is 3.11. The molecule has 0 unspecified atom stereocenters. The highest BCUT2D eigenvalue weighted by Crippen LogP contribution is 2.15. The van der Waals surface area contributed by atoms with E-state index in [4.69, 9.17) is 4.74 Å². The van der Waals surface area contributed by atoms with Gasteiger partial charge in [0.15, 0.2) is 0 Å². The van der Waals surface area contributed by atoms with Crippen LogP contribution in [0.25, 0.3) is 0 Å². The number of para-hydroxylation sites is 1. The molecule has 3 N–H and O–H groups in total. The minimum Gasteiger partial charge on any atom is -0.446 e. The Morgan fingerprint density at radius 3 is 2.57 bits per heavy atom. The third-order valence-corrected chi connectivity index (χ3v) is 3.31. The Kier molecular flexibility index (Phi) is 6.44. The van der Waals surface area contributed by atoms with Crippen molar-refractivity contribution in [1.82, 2.24) is 10.0 Å². The summed E-state index contributed by atoms with van der Waals surface area (Å²) in [5.74, 6) is 0. The van der Waals surface area contributed by atoms with E-state index in [1.165, 1.54) is 0 Å². The number of amides is 1. The number of hydrogen-bond acceptors (Lipinski definition) is 5. The van der Waals surface area contributed by atoms with Crippen LogP contribution in [0.1, 0.15) is 26.3 Å². The van der Waals surface area contributed by atoms with Gasteiger partial charge in [0, 0.05) is 6.54 Å². The first-order valence-corrected chi connectivity index (χ1v) is 8.12. The lowest BCUT2D eigenvalue weighted by atomic mass is 10.2. The lowest BCUT2D eigenvalue weighted by Gasteiger charge is -2.14. The predicted molar refractivity (Wildman–Crippen MR) is 81.1 cm³/mol. The Morgan fingerprint density at radius 2 is 1.95 bits per heavy atom. The molecule has 0 aliphatic carbocycles. The largest absolute Gasteiger partial charge is 0.446 e. The predicted octanol–water partition coefficient (Wildman–Crippen LogP) is 1.59. The van der Waals surface area contributed by atoms with Gasteiger partial charge >= 0.3 is 16.3 Å². The monoisotopic (exact) mass is 315 g/mol. The quantitative estimate of drug-likeness (QED) is 0.710. The molecule has 0 aliphatic heterocycles. The number of rotatable bonds is 7. The van der Waals surface area contributed by atoms with E-state index in [2.05, 4.69) is 10.0 Å². The molecule has 8 heteroatoms. The standard InChI is InChI=1S/C13H21N3O4S/c1-4-14-9-11-7-5-6-8-12(11)15-21(18,19)16-13(17)20-10(2)3/h5-8,10,14-15H,4,9H2,1-3H3,(H,16,17). The van der Waals surface area contributed by atoms with Crippen LogP contribution >= 0.6 is 0 Å². The van der Waals surface area contributed by atoms with Gasteiger partial charge in [-0.05, 0) is 32.0 Å². The molecule has 21 heavy (non-hydrogen) atoms. The third-order valence-electron chi connectivity index (χ3n) is 2.39. The normalized spacial score (nSPS) is 11.2. The van der Waals surface area contributed by atoms with Gasteiger partial charge in [-0.15, -0.1) is 0 Å². The zero-order valence-electron chi connectivity index (χ0n) is 12.3. The molecule has 0 spiro atoms. The molecule has 1 rings (SSSR count). The minimum absolute atomic E-state index is 0.402. The molecule has 0 aromatic heterocycles. The summed E-state index contributed by atoms with van der Waals surface area (Å²) in [7, 11) is -4.03. The molecular weight excluding hydrogens is 294 g/mol. The number of nitrogens with one attached hydrogen (secondary N) is 3. The Balaban J connectivity index is 2.77. The molecule has 0 saturated carbocycles. The molecule has 7 nitrogen and oxygen atoms in total. The summed E-state index contributed by atoms with van der Waals surface area (Å²) in [6.07, 6.45) is -1.41. The van der Waals surface area contributed by atoms with E-state index in [0.29, 0.717) is 12.2 Å². The van der Waals surface area contributed by atoms with Gasteiger partial charge in [-0.1, -0.05) is 25.1 Å². The van der Waals surface area contributed by atoms with E-state index in [1.807, 2.05) is 13.0 Å². The van der Waals surface area contributed by atoms with Gasteiger partial charge < -0.3 is 10.1 Å². The van der Waals surface area contributed by atoms with Gasteiger partial charge in [0.25, 0.3) is 0 Å². The van der Waals surface area contributed by atoms with Crippen molar-refractivity contribution < 1.29 is 17.9 Å². The first-order chi connectivity index (χ1) is 9.84. The van der Waals surface area contributed by atoms with Crippen molar-refractivity contribution in [3.8, 4) is 0 Å². The zero-order chi connectivity index (χ0) is 15.9. The van der Waals surface area contributed by atoms with E-state index in [-0.39, 0.29) is 0 Å². The lowest BCUT2D eigenvalue weighted by Crippen LogP contribution is -2.37. The van der Waals surface area contributed by atoms with Crippen molar-refractivity contribution in [2.75, 3.05) is 11.3 Å². The number of carbonyl (C=O) groups is 1. The molecule has 0 aliphatic rings. The first kappa shape index (κ1) is 17.3. The molecule has 0 saturated heterocycles. The topological polar surface area (TPSA) is 96.5 Å². The molecule has 0 atom stereocenters. The maximum atomic E-state index is 11.9. The van der Waals surface area contributed by atoms with Crippen LogP contribution in [0.5, 0.6) is 0 Å². The van der Waals surface area contributed by atoms with Crippen LogP contribution in [0.2, 0.25) is 0 Å². The van der Waals surface area contributed by atoms with Crippen molar-refractivity contribution >= 4 is 22.0 Å². The van der Waals surface area contributed by atoms with Crippen molar-refractivity contribution in [2.45, 2.75) is 33.4 Å². The van der Waals surface area contributed by atoms with Crippen molar-refractivity contribution in [1.29, 1.82) is 0 Å². The van der Waals surface area contributed by atoms with Gasteiger partial charge in [0.2, 0.25) is 0 Å². The summed E-state index contributed by atoms with van der Waals surface area (Å²) in [6, 6.07) is 6.94. The van der Waals surface area contributed by atoms with E-state index in [0.717, 1.165) is 12.1 Å². The van der Waals surface area contributed by atoms with Gasteiger partial charge in [0.1, 0.15) is 0 Å². The molecule has 118 valence electrons. The average molecular weight is 315 g/mol. The fraction of sp³-hybridized carbons (Fsp3) is 0.462. The number of anilines is 1. The van der Waals surface area contributed by atoms with Crippen molar-refractivity contribution in [2.24, 2.45) is 0 Å². The third kappa shape index (κ3) is 6.46. The van der Waals surface area contributed by atoms with Crippen LogP contribution in [0, 0.1) is 0 Å². The van der Waals surface area contributed by atoms with Crippen molar-refractivity contribution in [3.63, 3.8) is 0 Å². The molecule has 1 aromatic carbocycles. The number of ether oxygens (including phenoxy) is 1. The van der Waals surface area contributed by atoms with Gasteiger partial charge in [-0.3, -0.25) is 4.72 Å². The maximum absolute atomic E-state index is 11.9. The van der Waals surface area contributed by atoms with E-state index in [9.17, 15) is 13.2 Å². The molecule has 1 amide bonds. The Morgan fingerprint density at radius 1 is 1.29 bits per heavy atom. The summed E-state index contributed by atoms with van der Waals surface area (Å²) >= 11 is 0. The first-order valence-electron chi connectivity index (χ1n) is 6.64. The van der Waals surface area contributed by atoms with E-state index >= 15 is 0 Å². The highest BCUT2D eigenvalue weighted by Gasteiger charge is 2.17. The van der Waals surface area contributed by atoms with Gasteiger partial charge in [-0.2, -0.15) is 8.42 Å². The maximum Gasteiger partial charge on any atom is 0.422 e. The second kappa shape index (κ2) is 7.84. The molecule has 0 fully saturated rings. The fourth-order valence-electron chi connectivity index (χ4n) is 1.55. The smallest absolute Gasteiger partial charge is 0.422 e. The molecule has 1 aromatic rings. The van der Waals surface area contributed by atoms with Crippen LogP contribution in [0.4, 0.5) is 10.5 Å². The van der Waals surface area contributed by atoms with Crippen molar-refractivity contribution in [3.05, 3.63) is 29.8 Å². The highest BCUT2D eigenvalue weighted by molar-refractivity contribution is 7.91. The van der Waals surface area contributed by atoms with E-state index in [1.54, 1.807) is 36.8 Å². The van der Waals surface area contributed by atoms with Crippen LogP contribution in [0.3, 0.4) is 0 Å². The number of hydrogen-bond donors (Lipinski definition) is 3. The number of carbonyl (C=O) groups excluding carboxylic acids is 1. The number of benzene rings is 1. The summed E-state index contributed by atoms with van der Waals surface area (Å²) in [6.45, 7) is 6.50.